The van der Waals surface area contributed by atoms with Gasteiger partial charge in [0.05, 0.1) is 13.5 Å². The minimum atomic E-state index is -2.56. The Bertz CT molecular complexity index is 3780. The van der Waals surface area contributed by atoms with Crippen molar-refractivity contribution in [2.24, 2.45) is 0 Å². The Morgan fingerprint density at radius 2 is 1.29 bits per heavy atom. The van der Waals surface area contributed by atoms with Crippen LogP contribution in [0.3, 0.4) is 0 Å². The Balaban J connectivity index is 0.00000657. The van der Waals surface area contributed by atoms with Gasteiger partial charge in [0.25, 0.3) is 0 Å². The van der Waals surface area contributed by atoms with E-state index >= 15 is 0 Å². The quantitative estimate of drug-likeness (QED) is 0.117. The second-order valence-corrected chi connectivity index (χ2v) is 21.3. The smallest absolute Gasteiger partial charge is 0.184 e. The zero-order valence-corrected chi connectivity index (χ0v) is 42.2. The van der Waals surface area contributed by atoms with Gasteiger partial charge in [-0.25, -0.2) is 4.98 Å². The number of benzene rings is 7. The largest absolute Gasteiger partial charge is 0.509 e. The number of ether oxygens (including phenoxy) is 1. The van der Waals surface area contributed by atoms with Crippen molar-refractivity contribution in [1.82, 2.24) is 18.5 Å². The van der Waals surface area contributed by atoms with Crippen LogP contribution in [0, 0.1) is 25.7 Å². The van der Waals surface area contributed by atoms with Gasteiger partial charge in [-0.05, 0) is 86.6 Å². The van der Waals surface area contributed by atoms with E-state index in [0.717, 1.165) is 61.1 Å². The molecule has 6 heteroatoms. The first-order chi connectivity index (χ1) is 35.2. The molecule has 0 saturated carbocycles. The van der Waals surface area contributed by atoms with Crippen LogP contribution in [0.1, 0.15) is 95.5 Å². The summed E-state index contributed by atoms with van der Waals surface area (Å²) in [5.74, 6) is 1.68. The van der Waals surface area contributed by atoms with E-state index in [0.29, 0.717) is 34.1 Å². The normalized spacial score (nSPS) is 19.6. The number of quaternary nitrogens is 2. The number of pyridine rings is 1. The fraction of sp³-hybridized carbons (Fsp3) is 0.226. The predicted molar refractivity (Wildman–Crippen MR) is 279 cm³/mol. The van der Waals surface area contributed by atoms with Crippen molar-refractivity contribution in [3.63, 3.8) is 0 Å². The molecule has 5 heterocycles. The maximum atomic E-state index is 9.35. The van der Waals surface area contributed by atoms with Gasteiger partial charge < -0.3 is 13.8 Å². The zero-order chi connectivity index (χ0) is 53.5. The molecule has 2 aromatic heterocycles. The molecule has 0 radical (unpaired) electrons. The fourth-order valence-electron chi connectivity index (χ4n) is 10.2. The van der Waals surface area contributed by atoms with Gasteiger partial charge in [0.15, 0.2) is 18.0 Å². The van der Waals surface area contributed by atoms with Gasteiger partial charge in [-0.2, -0.15) is 12.1 Å². The molecule has 1 fully saturated rings. The molecule has 1 saturated heterocycles. The Kier molecular flexibility index (Phi) is 8.82. The van der Waals surface area contributed by atoms with Crippen LogP contribution in [0.2, 0.25) is 0 Å². The molecule has 0 unspecified atom stereocenters. The SMILES string of the molecule is [2H]c1c([2H])c([2H])c(-c2cccc(-c3cc(C(C)(C)C)cc(C(C)(C)C)c3)c2[N@+]23[CH-][N@+](c4[c-]c(Oc5[c-]c6c(cc5)c5ccccc5n6-c5cc(C(C)(C)C)ccn5)ccc4)(C2)c2cccc(C([2H])([2H])[2H])c23)c([2H])c1[2H].[Pt]. The summed E-state index contributed by atoms with van der Waals surface area (Å²) in [5.41, 5.74) is 9.36. The van der Waals surface area contributed by atoms with Gasteiger partial charge in [0.1, 0.15) is 11.5 Å². The Labute approximate surface area is 428 Å². The van der Waals surface area contributed by atoms with Crippen LogP contribution in [0.25, 0.3) is 49.9 Å². The molecule has 0 amide bonds. The molecule has 68 heavy (non-hydrogen) atoms. The standard InChI is InChI=1S/C62H59N4O.Pt/c1-41-19-16-28-56-58(41)66(59-50(42-20-12-11-13-21-42)25-18-26-51(59)43-33-45(61(5,6)7)35-46(34-43)62(8,9)10)39-65(56,40-66)47-22-17-23-48(37-47)67-49-29-30-53-52-24-14-15-27-54(52)64(55(53)38-49)57-36-44(31-32-63-57)60(2,3)4;/h11-36,39H,40H2,1-10H3;/q-1;/t65-,66-;/m1./s1/i1D3,11D,12D,13D,20D,21D;. The molecular formula is C62H59N4OPt-. The van der Waals surface area contributed by atoms with E-state index in [1.807, 2.05) is 66.9 Å². The van der Waals surface area contributed by atoms with Gasteiger partial charge >= 0.3 is 0 Å². The molecule has 0 aliphatic carbocycles. The van der Waals surface area contributed by atoms with Gasteiger partial charge in [-0.15, -0.1) is 29.7 Å². The minimum Gasteiger partial charge on any atom is -0.509 e. The number of rotatable bonds is 7. The van der Waals surface area contributed by atoms with Crippen LogP contribution in [0.15, 0.2) is 158 Å². The van der Waals surface area contributed by atoms with Crippen LogP contribution in [0.5, 0.6) is 11.5 Å². The third-order valence-corrected chi connectivity index (χ3v) is 13.7. The van der Waals surface area contributed by atoms with Crippen molar-refractivity contribution >= 4 is 44.6 Å². The summed E-state index contributed by atoms with van der Waals surface area (Å²) >= 11 is 0. The van der Waals surface area contributed by atoms with Crippen LogP contribution in [-0.4, -0.2) is 16.2 Å². The van der Waals surface area contributed by atoms with Gasteiger partial charge in [-0.1, -0.05) is 159 Å². The average Bonchev–Trinajstić information content (AvgIpc) is 4.19. The summed E-state index contributed by atoms with van der Waals surface area (Å²) < 4.78 is 80.9. The number of aromatic nitrogens is 2. The molecule has 2 bridgehead atoms. The monoisotopic (exact) mass is 1080 g/mol. The fourth-order valence-corrected chi connectivity index (χ4v) is 10.2. The van der Waals surface area contributed by atoms with Gasteiger partial charge in [0.2, 0.25) is 0 Å². The Morgan fingerprint density at radius 3 is 2.00 bits per heavy atom. The third kappa shape index (κ3) is 7.37. The van der Waals surface area contributed by atoms with Crippen molar-refractivity contribution in [3.8, 4) is 39.6 Å². The van der Waals surface area contributed by atoms with Crippen molar-refractivity contribution in [1.29, 1.82) is 0 Å². The van der Waals surface area contributed by atoms with Crippen LogP contribution < -0.4 is 13.7 Å². The number of hydrogen-bond acceptors (Lipinski definition) is 2. The topological polar surface area (TPSA) is 27.1 Å². The zero-order valence-electron chi connectivity index (χ0n) is 47.9. The van der Waals surface area contributed by atoms with E-state index in [1.165, 1.54) is 0 Å². The third-order valence-electron chi connectivity index (χ3n) is 13.7. The number of hydrogen-bond donors (Lipinski definition) is 0. The first kappa shape index (κ1) is 36.9. The molecule has 3 aliphatic heterocycles. The molecule has 7 aromatic carbocycles. The first-order valence-corrected chi connectivity index (χ1v) is 23.0. The predicted octanol–water partition coefficient (Wildman–Crippen LogP) is 16.5. The van der Waals surface area contributed by atoms with E-state index in [9.17, 15) is 2.74 Å². The molecule has 3 aliphatic rings. The first-order valence-electron chi connectivity index (χ1n) is 27.0. The number of aryl methyl sites for hydroxylation is 1. The summed E-state index contributed by atoms with van der Waals surface area (Å²) in [5, 5.41) is 2.07. The maximum absolute atomic E-state index is 9.35. The minimum absolute atomic E-state index is 0. The van der Waals surface area contributed by atoms with Crippen molar-refractivity contribution in [3.05, 3.63) is 199 Å². The molecule has 5 nitrogen and oxygen atoms in total. The van der Waals surface area contributed by atoms with Crippen LogP contribution >= 0.6 is 0 Å². The Hall–Kier alpha value is -6.10. The van der Waals surface area contributed by atoms with E-state index in [4.69, 9.17) is 17.9 Å². The summed E-state index contributed by atoms with van der Waals surface area (Å²) in [6, 6.07) is 44.9. The van der Waals surface area contributed by atoms with Crippen molar-refractivity contribution in [2.75, 3.05) is 6.67 Å². The van der Waals surface area contributed by atoms with Crippen molar-refractivity contribution in [2.45, 2.75) is 85.4 Å². The van der Waals surface area contributed by atoms with Gasteiger partial charge in [-0.3, -0.25) is 4.48 Å². The van der Waals surface area contributed by atoms with Gasteiger partial charge in [0, 0.05) is 76.8 Å². The summed E-state index contributed by atoms with van der Waals surface area (Å²) in [6.07, 6.45) is 1.85. The molecule has 9 aromatic rings. The summed E-state index contributed by atoms with van der Waals surface area (Å²) in [4.78, 5) is 4.85. The second kappa shape index (κ2) is 16.3. The molecule has 12 rings (SSSR count). The number of para-hydroxylation sites is 3. The van der Waals surface area contributed by atoms with Crippen molar-refractivity contribution < 1.29 is 36.8 Å². The number of nitrogens with zero attached hydrogens (tertiary/aromatic N) is 4. The molecular weight excluding hydrogens is 1010 g/mol. The van der Waals surface area contributed by atoms with E-state index in [2.05, 4.69) is 128 Å². The maximum Gasteiger partial charge on any atom is 0.184 e. The van der Waals surface area contributed by atoms with E-state index < -0.39 is 25.0 Å². The molecule has 344 valence electrons. The molecule has 2 atom stereocenters. The average molecular weight is 1080 g/mol. The second-order valence-electron chi connectivity index (χ2n) is 21.3. The molecule has 0 N–H and O–H groups in total. The molecule has 0 spiro atoms. The van der Waals surface area contributed by atoms with E-state index in [1.54, 1.807) is 18.2 Å². The van der Waals surface area contributed by atoms with Crippen LogP contribution in [0.4, 0.5) is 22.7 Å². The summed E-state index contributed by atoms with van der Waals surface area (Å²) in [7, 11) is 0. The van der Waals surface area contributed by atoms with Crippen LogP contribution in [-0.2, 0) is 37.3 Å². The van der Waals surface area contributed by atoms with E-state index in [-0.39, 0.29) is 76.2 Å². The number of fused-ring (bicyclic) bond motifs is 3. The Morgan fingerprint density at radius 1 is 0.632 bits per heavy atom. The summed E-state index contributed by atoms with van der Waals surface area (Å²) in [6.45, 7) is 19.4.